The molecule has 8 heteroatoms. The van der Waals surface area contributed by atoms with Gasteiger partial charge in [0.05, 0.1) is 5.69 Å². The van der Waals surface area contributed by atoms with Crippen molar-refractivity contribution in [3.8, 4) is 23.4 Å². The normalized spacial score (nSPS) is 9.96. The number of amides is 1. The van der Waals surface area contributed by atoms with Crippen LogP contribution in [0.25, 0.3) is 0 Å². The lowest BCUT2D eigenvalue weighted by atomic mass is 10.2. The predicted molar refractivity (Wildman–Crippen MR) is 104 cm³/mol. The summed E-state index contributed by atoms with van der Waals surface area (Å²) < 4.78 is 10.9. The van der Waals surface area contributed by atoms with Crippen molar-refractivity contribution in [1.82, 2.24) is 4.98 Å². The van der Waals surface area contributed by atoms with Gasteiger partial charge in [0.1, 0.15) is 28.9 Å². The van der Waals surface area contributed by atoms with Gasteiger partial charge in [0, 0.05) is 11.8 Å². The van der Waals surface area contributed by atoms with Crippen LogP contribution in [0, 0.1) is 11.3 Å². The molecule has 140 valence electrons. The number of nitriles is 1. The summed E-state index contributed by atoms with van der Waals surface area (Å²) in [5.74, 6) is 1.01. The van der Waals surface area contributed by atoms with E-state index in [0.717, 1.165) is 0 Å². The van der Waals surface area contributed by atoms with E-state index >= 15 is 0 Å². The molecule has 1 amide bonds. The van der Waals surface area contributed by atoms with Gasteiger partial charge in [0.15, 0.2) is 6.61 Å². The minimum absolute atomic E-state index is 0.109. The summed E-state index contributed by atoms with van der Waals surface area (Å²) in [5.41, 5.74) is 12.1. The third-order valence-corrected chi connectivity index (χ3v) is 3.59. The first kappa shape index (κ1) is 18.5. The summed E-state index contributed by atoms with van der Waals surface area (Å²) in [6.45, 7) is -0.194. The highest BCUT2D eigenvalue weighted by molar-refractivity contribution is 5.75. The average Bonchev–Trinajstić information content (AvgIpc) is 2.68. The van der Waals surface area contributed by atoms with Gasteiger partial charge in [-0.05, 0) is 36.4 Å². The van der Waals surface area contributed by atoms with Crippen molar-refractivity contribution in [1.29, 1.82) is 5.26 Å². The van der Waals surface area contributed by atoms with Gasteiger partial charge >= 0.3 is 0 Å². The van der Waals surface area contributed by atoms with Crippen LogP contribution in [0.4, 0.5) is 17.2 Å². The number of anilines is 3. The first-order valence-corrected chi connectivity index (χ1v) is 8.27. The highest BCUT2D eigenvalue weighted by atomic mass is 16.5. The minimum atomic E-state index is -0.551. The molecule has 3 aromatic rings. The Morgan fingerprint density at radius 1 is 1.11 bits per heavy atom. The van der Waals surface area contributed by atoms with Crippen molar-refractivity contribution in [2.75, 3.05) is 17.7 Å². The average molecular weight is 375 g/mol. The van der Waals surface area contributed by atoms with Crippen LogP contribution in [0.1, 0.15) is 5.56 Å². The topological polar surface area (TPSA) is 136 Å². The van der Waals surface area contributed by atoms with Gasteiger partial charge in [-0.3, -0.25) is 4.79 Å². The van der Waals surface area contributed by atoms with Gasteiger partial charge in [0.2, 0.25) is 5.88 Å². The molecular formula is C20H17N5O3. The number of hydrogen-bond donors (Lipinski definition) is 3. The molecule has 1 aromatic heterocycles. The lowest BCUT2D eigenvalue weighted by Crippen LogP contribution is -2.19. The fourth-order valence-electron chi connectivity index (χ4n) is 2.33. The number of carbonyl (C=O) groups excluding carboxylic acids is 1. The maximum absolute atomic E-state index is 10.8. The van der Waals surface area contributed by atoms with Gasteiger partial charge in [-0.15, -0.1) is 0 Å². The lowest BCUT2D eigenvalue weighted by molar-refractivity contribution is -0.119. The predicted octanol–water partition coefficient (Wildman–Crippen LogP) is 2.94. The molecule has 3 rings (SSSR count). The molecule has 0 saturated carbocycles. The van der Waals surface area contributed by atoms with Gasteiger partial charge in [-0.1, -0.05) is 18.2 Å². The van der Waals surface area contributed by atoms with Crippen LogP contribution in [-0.2, 0) is 4.79 Å². The second kappa shape index (κ2) is 8.42. The molecule has 5 N–H and O–H groups in total. The number of aromatic nitrogens is 1. The highest BCUT2D eigenvalue weighted by Crippen LogP contribution is 2.30. The first-order chi connectivity index (χ1) is 13.5. The van der Waals surface area contributed by atoms with E-state index in [-0.39, 0.29) is 23.7 Å². The van der Waals surface area contributed by atoms with Crippen molar-refractivity contribution < 1.29 is 14.3 Å². The van der Waals surface area contributed by atoms with E-state index in [2.05, 4.69) is 10.3 Å². The zero-order valence-electron chi connectivity index (χ0n) is 14.8. The van der Waals surface area contributed by atoms with Crippen molar-refractivity contribution in [2.45, 2.75) is 0 Å². The van der Waals surface area contributed by atoms with E-state index in [0.29, 0.717) is 23.0 Å². The number of carbonyl (C=O) groups is 1. The maximum atomic E-state index is 10.8. The van der Waals surface area contributed by atoms with E-state index < -0.39 is 5.91 Å². The van der Waals surface area contributed by atoms with E-state index in [1.165, 1.54) is 0 Å². The van der Waals surface area contributed by atoms with Crippen molar-refractivity contribution in [3.05, 3.63) is 66.2 Å². The van der Waals surface area contributed by atoms with Crippen molar-refractivity contribution in [2.24, 2.45) is 5.73 Å². The van der Waals surface area contributed by atoms with Gasteiger partial charge in [0.25, 0.3) is 5.91 Å². The molecule has 1 heterocycles. The van der Waals surface area contributed by atoms with Gasteiger partial charge in [-0.2, -0.15) is 10.2 Å². The third kappa shape index (κ3) is 4.68. The van der Waals surface area contributed by atoms with Crippen LogP contribution in [0.15, 0.2) is 60.7 Å². The summed E-state index contributed by atoms with van der Waals surface area (Å²) in [6.07, 6.45) is 0. The SMILES string of the molecule is N#Cc1c(N)cc(Nc2ccc(OCC(N)=O)cc2)nc1Oc1ccccc1. The molecule has 0 aliphatic heterocycles. The van der Waals surface area contributed by atoms with Gasteiger partial charge in [-0.25, -0.2) is 0 Å². The smallest absolute Gasteiger partial charge is 0.255 e. The molecule has 0 aliphatic carbocycles. The molecular weight excluding hydrogens is 358 g/mol. The fourth-order valence-corrected chi connectivity index (χ4v) is 2.33. The minimum Gasteiger partial charge on any atom is -0.484 e. The monoisotopic (exact) mass is 375 g/mol. The molecule has 0 unspecified atom stereocenters. The fraction of sp³-hybridized carbons (Fsp3) is 0.0500. The number of rotatable bonds is 7. The number of nitrogens with one attached hydrogen (secondary N) is 1. The largest absolute Gasteiger partial charge is 0.484 e. The standard InChI is InChI=1S/C20H17N5O3/c21-11-16-17(22)10-19(25-20(16)28-15-4-2-1-3-5-15)24-13-6-8-14(9-7-13)27-12-18(23)26/h1-10H,12H2,(H2,23,26)(H3,22,24,25). The third-order valence-electron chi connectivity index (χ3n) is 3.59. The number of hydrogen-bond acceptors (Lipinski definition) is 7. The molecule has 0 atom stereocenters. The number of nitrogens with zero attached hydrogens (tertiary/aromatic N) is 2. The highest BCUT2D eigenvalue weighted by Gasteiger charge is 2.13. The Bertz CT molecular complexity index is 1010. The van der Waals surface area contributed by atoms with Crippen LogP contribution in [0.2, 0.25) is 0 Å². The quantitative estimate of drug-likeness (QED) is 0.577. The number of benzene rings is 2. The molecule has 0 spiro atoms. The molecule has 0 fully saturated rings. The van der Waals surface area contributed by atoms with Gasteiger partial charge < -0.3 is 26.3 Å². The van der Waals surface area contributed by atoms with E-state index in [1.54, 1.807) is 42.5 Å². The summed E-state index contributed by atoms with van der Waals surface area (Å²) in [5, 5.41) is 12.4. The summed E-state index contributed by atoms with van der Waals surface area (Å²) in [7, 11) is 0. The number of nitrogens with two attached hydrogens (primary N) is 2. The second-order valence-electron chi connectivity index (χ2n) is 5.71. The number of pyridine rings is 1. The molecule has 0 aliphatic rings. The lowest BCUT2D eigenvalue weighted by Gasteiger charge is -2.12. The molecule has 2 aromatic carbocycles. The number of nitrogen functional groups attached to an aromatic ring is 1. The Hall–Kier alpha value is -4.25. The number of para-hydroxylation sites is 1. The van der Waals surface area contributed by atoms with Crippen LogP contribution >= 0.6 is 0 Å². The number of ether oxygens (including phenoxy) is 2. The van der Waals surface area contributed by atoms with E-state index in [4.69, 9.17) is 20.9 Å². The Balaban J connectivity index is 1.80. The zero-order valence-corrected chi connectivity index (χ0v) is 14.8. The molecule has 0 radical (unpaired) electrons. The molecule has 8 nitrogen and oxygen atoms in total. The second-order valence-corrected chi connectivity index (χ2v) is 5.71. The van der Waals surface area contributed by atoms with E-state index in [1.807, 2.05) is 24.3 Å². The van der Waals surface area contributed by atoms with Crippen LogP contribution in [0.3, 0.4) is 0 Å². The van der Waals surface area contributed by atoms with Crippen LogP contribution < -0.4 is 26.3 Å². The summed E-state index contributed by atoms with van der Waals surface area (Å²) in [4.78, 5) is 15.1. The molecule has 0 bridgehead atoms. The van der Waals surface area contributed by atoms with Crippen LogP contribution in [-0.4, -0.2) is 17.5 Å². The van der Waals surface area contributed by atoms with E-state index in [9.17, 15) is 10.1 Å². The van der Waals surface area contributed by atoms with Crippen LogP contribution in [0.5, 0.6) is 17.4 Å². The number of primary amides is 1. The van der Waals surface area contributed by atoms with Crippen molar-refractivity contribution >= 4 is 23.1 Å². The molecule has 28 heavy (non-hydrogen) atoms. The Morgan fingerprint density at radius 2 is 1.82 bits per heavy atom. The van der Waals surface area contributed by atoms with Crippen molar-refractivity contribution in [3.63, 3.8) is 0 Å². The maximum Gasteiger partial charge on any atom is 0.255 e. The summed E-state index contributed by atoms with van der Waals surface area (Å²) >= 11 is 0. The summed E-state index contributed by atoms with van der Waals surface area (Å²) in [6, 6.07) is 19.4. The Labute approximate surface area is 161 Å². The Kier molecular flexibility index (Phi) is 5.58. The zero-order chi connectivity index (χ0) is 19.9. The molecule has 0 saturated heterocycles. The first-order valence-electron chi connectivity index (χ1n) is 8.27. The Morgan fingerprint density at radius 3 is 2.46 bits per heavy atom.